The Hall–Kier alpha value is -2.70. The Bertz CT molecular complexity index is 674. The topological polar surface area (TPSA) is 84.0 Å². The molecule has 0 bridgehead atoms. The third kappa shape index (κ3) is 2.89. The molecule has 1 aromatic carbocycles. The quantitative estimate of drug-likeness (QED) is 0.603. The summed E-state index contributed by atoms with van der Waals surface area (Å²) < 4.78 is 5.11. The van der Waals surface area contributed by atoms with Crippen LogP contribution in [-0.4, -0.2) is 59.2 Å². The zero-order valence-corrected chi connectivity index (χ0v) is 13.4. The summed E-state index contributed by atoms with van der Waals surface area (Å²) in [6.45, 7) is 2.34. The van der Waals surface area contributed by atoms with E-state index in [0.717, 1.165) is 17.7 Å². The predicted octanol–water partition coefficient (Wildman–Crippen LogP) is 0.837. The van der Waals surface area contributed by atoms with Crippen molar-refractivity contribution in [1.29, 1.82) is 0 Å². The number of imide groups is 1. The summed E-state index contributed by atoms with van der Waals surface area (Å²) in [5, 5.41) is 0. The number of carbonyl (C=O) groups is 4. The first-order chi connectivity index (χ1) is 11.5. The van der Waals surface area contributed by atoms with Gasteiger partial charge in [0, 0.05) is 13.1 Å². The molecule has 1 saturated heterocycles. The summed E-state index contributed by atoms with van der Waals surface area (Å²) in [6.07, 6.45) is 0.967. The van der Waals surface area contributed by atoms with Gasteiger partial charge in [-0.2, -0.15) is 0 Å². The van der Waals surface area contributed by atoms with Gasteiger partial charge < -0.3 is 9.64 Å². The van der Waals surface area contributed by atoms with Crippen molar-refractivity contribution < 1.29 is 23.9 Å². The molecule has 7 heteroatoms. The van der Waals surface area contributed by atoms with Gasteiger partial charge >= 0.3 is 5.97 Å². The molecule has 0 saturated carbocycles. The van der Waals surface area contributed by atoms with Crippen LogP contribution in [0.25, 0.3) is 0 Å². The molecule has 2 aliphatic heterocycles. The van der Waals surface area contributed by atoms with E-state index in [1.54, 1.807) is 29.2 Å². The molecule has 0 N–H and O–H groups in total. The van der Waals surface area contributed by atoms with Crippen LogP contribution in [0.15, 0.2) is 24.3 Å². The molecule has 0 unspecified atom stereocenters. The molecule has 2 aliphatic rings. The highest BCUT2D eigenvalue weighted by Gasteiger charge is 2.37. The minimum absolute atomic E-state index is 0.247. The molecule has 0 radical (unpaired) electrons. The minimum atomic E-state index is -0.925. The highest BCUT2D eigenvalue weighted by atomic mass is 16.5. The second-order valence-corrected chi connectivity index (χ2v) is 5.91. The molecular formula is C17H18N2O5. The molecule has 0 aromatic heterocycles. The standard InChI is InChI=1S/C17H18N2O5/c1-11(15(21)18-8-4-5-9-18)24-14(20)10-19-16(22)12-6-2-3-7-13(12)17(19)23/h2-3,6-7,11H,4-5,8-10H2,1H3/t11-/m0/s1. The minimum Gasteiger partial charge on any atom is -0.451 e. The van der Waals surface area contributed by atoms with E-state index in [9.17, 15) is 19.2 Å². The Balaban J connectivity index is 1.60. The second-order valence-electron chi connectivity index (χ2n) is 5.91. The number of esters is 1. The molecule has 7 nitrogen and oxygen atoms in total. The van der Waals surface area contributed by atoms with Crippen LogP contribution in [0.5, 0.6) is 0 Å². The van der Waals surface area contributed by atoms with Crippen molar-refractivity contribution in [2.45, 2.75) is 25.9 Å². The first kappa shape index (κ1) is 16.2. The largest absolute Gasteiger partial charge is 0.451 e. The van der Waals surface area contributed by atoms with Gasteiger partial charge in [-0.3, -0.25) is 24.1 Å². The fourth-order valence-electron chi connectivity index (χ4n) is 2.99. The van der Waals surface area contributed by atoms with E-state index < -0.39 is 30.4 Å². The molecular weight excluding hydrogens is 312 g/mol. The average Bonchev–Trinajstić information content (AvgIpc) is 3.18. The molecule has 0 aliphatic carbocycles. The molecule has 0 spiro atoms. The van der Waals surface area contributed by atoms with Crippen molar-refractivity contribution in [3.8, 4) is 0 Å². The van der Waals surface area contributed by atoms with Crippen molar-refractivity contribution in [3.05, 3.63) is 35.4 Å². The lowest BCUT2D eigenvalue weighted by Crippen LogP contribution is -2.41. The van der Waals surface area contributed by atoms with E-state index in [-0.39, 0.29) is 17.0 Å². The van der Waals surface area contributed by atoms with Gasteiger partial charge in [0.2, 0.25) is 0 Å². The van der Waals surface area contributed by atoms with Crippen LogP contribution in [0.4, 0.5) is 0 Å². The summed E-state index contributed by atoms with van der Waals surface area (Å²) in [5.74, 6) is -2.06. The summed E-state index contributed by atoms with van der Waals surface area (Å²) in [4.78, 5) is 51.0. The van der Waals surface area contributed by atoms with Gasteiger partial charge in [-0.05, 0) is 31.9 Å². The maximum Gasteiger partial charge on any atom is 0.326 e. The van der Waals surface area contributed by atoms with Gasteiger partial charge in [-0.15, -0.1) is 0 Å². The van der Waals surface area contributed by atoms with Gasteiger partial charge in [-0.25, -0.2) is 0 Å². The average molecular weight is 330 g/mol. The lowest BCUT2D eigenvalue weighted by atomic mass is 10.1. The number of hydrogen-bond acceptors (Lipinski definition) is 5. The van der Waals surface area contributed by atoms with Crippen LogP contribution >= 0.6 is 0 Å². The fourth-order valence-corrected chi connectivity index (χ4v) is 2.99. The highest BCUT2D eigenvalue weighted by Crippen LogP contribution is 2.22. The highest BCUT2D eigenvalue weighted by molar-refractivity contribution is 6.22. The number of ether oxygens (including phenoxy) is 1. The molecule has 1 atom stereocenters. The third-order valence-electron chi connectivity index (χ3n) is 4.24. The third-order valence-corrected chi connectivity index (χ3v) is 4.24. The van der Waals surface area contributed by atoms with Crippen molar-refractivity contribution in [2.75, 3.05) is 19.6 Å². The van der Waals surface area contributed by atoms with Crippen LogP contribution in [0, 0.1) is 0 Å². The summed E-state index contributed by atoms with van der Waals surface area (Å²) in [5.41, 5.74) is 0.549. The Labute approximate surface area is 139 Å². The number of hydrogen-bond donors (Lipinski definition) is 0. The van der Waals surface area contributed by atoms with Crippen molar-refractivity contribution in [1.82, 2.24) is 9.80 Å². The van der Waals surface area contributed by atoms with Crippen molar-refractivity contribution in [2.24, 2.45) is 0 Å². The number of amides is 3. The number of carbonyl (C=O) groups excluding carboxylic acids is 4. The molecule has 2 heterocycles. The number of fused-ring (bicyclic) bond motifs is 1. The van der Waals surface area contributed by atoms with Crippen LogP contribution in [0.2, 0.25) is 0 Å². The van der Waals surface area contributed by atoms with Gasteiger partial charge in [-0.1, -0.05) is 12.1 Å². The fraction of sp³-hybridized carbons (Fsp3) is 0.412. The van der Waals surface area contributed by atoms with Gasteiger partial charge in [0.25, 0.3) is 17.7 Å². The second kappa shape index (κ2) is 6.43. The lowest BCUT2D eigenvalue weighted by molar-refractivity contribution is -0.158. The smallest absolute Gasteiger partial charge is 0.326 e. The first-order valence-electron chi connectivity index (χ1n) is 7.92. The SMILES string of the molecule is C[C@H](OC(=O)CN1C(=O)c2ccccc2C1=O)C(=O)N1CCCC1. The number of benzene rings is 1. The molecule has 1 fully saturated rings. The number of rotatable bonds is 4. The Morgan fingerprint density at radius 2 is 1.62 bits per heavy atom. The molecule has 3 rings (SSSR count). The Morgan fingerprint density at radius 1 is 1.08 bits per heavy atom. The first-order valence-corrected chi connectivity index (χ1v) is 7.92. The number of likely N-dealkylation sites (tertiary alicyclic amines) is 1. The van der Waals surface area contributed by atoms with Crippen LogP contribution in [0.3, 0.4) is 0 Å². The van der Waals surface area contributed by atoms with Crippen molar-refractivity contribution in [3.63, 3.8) is 0 Å². The summed E-state index contributed by atoms with van der Waals surface area (Å²) in [7, 11) is 0. The van der Waals surface area contributed by atoms with Crippen LogP contribution in [-0.2, 0) is 14.3 Å². The molecule has 3 amide bonds. The molecule has 1 aromatic rings. The van der Waals surface area contributed by atoms with E-state index >= 15 is 0 Å². The molecule has 126 valence electrons. The van der Waals surface area contributed by atoms with Gasteiger partial charge in [0.15, 0.2) is 6.10 Å². The van der Waals surface area contributed by atoms with E-state index in [1.807, 2.05) is 0 Å². The van der Waals surface area contributed by atoms with E-state index in [2.05, 4.69) is 0 Å². The zero-order chi connectivity index (χ0) is 17.3. The van der Waals surface area contributed by atoms with Crippen molar-refractivity contribution >= 4 is 23.7 Å². The van der Waals surface area contributed by atoms with E-state index in [0.29, 0.717) is 13.1 Å². The number of nitrogens with zero attached hydrogens (tertiary/aromatic N) is 2. The zero-order valence-electron chi connectivity index (χ0n) is 13.4. The maximum atomic E-state index is 12.2. The summed E-state index contributed by atoms with van der Waals surface area (Å²) in [6, 6.07) is 6.39. The lowest BCUT2D eigenvalue weighted by Gasteiger charge is -2.21. The van der Waals surface area contributed by atoms with Crippen LogP contribution in [0.1, 0.15) is 40.5 Å². The maximum absolute atomic E-state index is 12.2. The van der Waals surface area contributed by atoms with Gasteiger partial charge in [0.1, 0.15) is 6.54 Å². The monoisotopic (exact) mass is 330 g/mol. The van der Waals surface area contributed by atoms with Crippen LogP contribution < -0.4 is 0 Å². The predicted molar refractivity (Wildman–Crippen MR) is 83.2 cm³/mol. The van der Waals surface area contributed by atoms with E-state index in [4.69, 9.17) is 4.74 Å². The van der Waals surface area contributed by atoms with E-state index in [1.165, 1.54) is 6.92 Å². The Morgan fingerprint density at radius 3 is 2.17 bits per heavy atom. The molecule has 24 heavy (non-hydrogen) atoms. The Kier molecular flexibility index (Phi) is 4.33. The summed E-state index contributed by atoms with van der Waals surface area (Å²) >= 11 is 0. The van der Waals surface area contributed by atoms with Gasteiger partial charge in [0.05, 0.1) is 11.1 Å². The normalized spacial score (nSPS) is 17.9.